The van der Waals surface area contributed by atoms with Crippen molar-refractivity contribution in [2.45, 2.75) is 19.4 Å². The molecule has 0 aliphatic carbocycles. The van der Waals surface area contributed by atoms with Gasteiger partial charge in [-0.2, -0.15) is 0 Å². The van der Waals surface area contributed by atoms with Gasteiger partial charge in [0.2, 0.25) is 0 Å². The molecule has 1 aromatic carbocycles. The minimum Gasteiger partial charge on any atom is -0.481 e. The van der Waals surface area contributed by atoms with E-state index in [9.17, 15) is 4.79 Å². The molecule has 1 aliphatic heterocycles. The number of hydrogen-bond donors (Lipinski definition) is 1. The number of carbonyl (C=O) groups is 1. The molecule has 1 fully saturated rings. The van der Waals surface area contributed by atoms with Gasteiger partial charge >= 0.3 is 0 Å². The highest BCUT2D eigenvalue weighted by Crippen LogP contribution is 2.20. The van der Waals surface area contributed by atoms with Gasteiger partial charge in [-0.1, -0.05) is 15.9 Å². The van der Waals surface area contributed by atoms with Crippen molar-refractivity contribution in [2.75, 3.05) is 26.7 Å². The first-order valence-corrected chi connectivity index (χ1v) is 7.75. The lowest BCUT2D eigenvalue weighted by atomic mass is 10.1. The predicted molar refractivity (Wildman–Crippen MR) is 82.8 cm³/mol. The van der Waals surface area contributed by atoms with E-state index in [2.05, 4.69) is 21.2 Å². The molecular weight excluding hydrogens is 320 g/mol. The second-order valence-electron chi connectivity index (χ2n) is 5.21. The smallest absolute Gasteiger partial charge is 0.263 e. The quantitative estimate of drug-likeness (QED) is 0.894. The highest BCUT2D eigenvalue weighted by Gasteiger charge is 2.29. The van der Waals surface area contributed by atoms with Gasteiger partial charge in [-0.05, 0) is 57.1 Å². The maximum Gasteiger partial charge on any atom is 0.263 e. The Labute approximate surface area is 128 Å². The largest absolute Gasteiger partial charge is 0.481 e. The average Bonchev–Trinajstić information content (AvgIpc) is 2.89. The molecule has 2 rings (SSSR count). The summed E-state index contributed by atoms with van der Waals surface area (Å²) in [6.07, 6.45) is 0.627. The Bertz CT molecular complexity index is 450. The van der Waals surface area contributed by atoms with Crippen LogP contribution in [0.25, 0.3) is 0 Å². The lowest BCUT2D eigenvalue weighted by molar-refractivity contribution is -0.137. The maximum absolute atomic E-state index is 12.3. The van der Waals surface area contributed by atoms with Crippen molar-refractivity contribution in [1.82, 2.24) is 10.2 Å². The molecule has 0 radical (unpaired) electrons. The van der Waals surface area contributed by atoms with E-state index in [1.807, 2.05) is 43.1 Å². The van der Waals surface area contributed by atoms with Crippen molar-refractivity contribution in [3.63, 3.8) is 0 Å². The third kappa shape index (κ3) is 3.96. The standard InChI is InChI=1S/C15H21BrN2O2/c1-11(20-14-5-3-13(16)4-6-14)15(19)18-8-7-12(10-18)9-17-2/h3-6,11-12,17H,7-10H2,1-2H3/t11-,12-/m0/s1. The summed E-state index contributed by atoms with van der Waals surface area (Å²) in [6.45, 7) is 4.44. The molecule has 1 saturated heterocycles. The first-order chi connectivity index (χ1) is 9.60. The van der Waals surface area contributed by atoms with Gasteiger partial charge in [0.25, 0.3) is 5.91 Å². The van der Waals surface area contributed by atoms with Crippen LogP contribution in [-0.2, 0) is 4.79 Å². The van der Waals surface area contributed by atoms with Crippen LogP contribution in [-0.4, -0.2) is 43.6 Å². The Morgan fingerprint density at radius 1 is 1.50 bits per heavy atom. The van der Waals surface area contributed by atoms with Crippen molar-refractivity contribution in [3.8, 4) is 5.75 Å². The summed E-state index contributed by atoms with van der Waals surface area (Å²) in [5.41, 5.74) is 0. The van der Waals surface area contributed by atoms with E-state index in [1.165, 1.54) is 0 Å². The molecule has 1 amide bonds. The summed E-state index contributed by atoms with van der Waals surface area (Å²) in [6, 6.07) is 7.54. The van der Waals surface area contributed by atoms with Crippen LogP contribution in [0.5, 0.6) is 5.75 Å². The Hall–Kier alpha value is -1.07. The van der Waals surface area contributed by atoms with E-state index in [0.717, 1.165) is 36.3 Å². The van der Waals surface area contributed by atoms with Gasteiger partial charge < -0.3 is 15.0 Å². The van der Waals surface area contributed by atoms with Crippen LogP contribution >= 0.6 is 15.9 Å². The molecule has 1 aromatic rings. The number of carbonyl (C=O) groups excluding carboxylic acids is 1. The minimum atomic E-state index is -0.440. The zero-order chi connectivity index (χ0) is 14.5. The molecule has 0 unspecified atom stereocenters. The van der Waals surface area contributed by atoms with E-state index in [4.69, 9.17) is 4.74 Å². The lowest BCUT2D eigenvalue weighted by Crippen LogP contribution is -2.39. The number of halogens is 1. The summed E-state index contributed by atoms with van der Waals surface area (Å²) < 4.78 is 6.71. The van der Waals surface area contributed by atoms with Gasteiger partial charge in [-0.25, -0.2) is 0 Å². The van der Waals surface area contributed by atoms with Crippen LogP contribution in [0.15, 0.2) is 28.7 Å². The van der Waals surface area contributed by atoms with Crippen molar-refractivity contribution in [3.05, 3.63) is 28.7 Å². The topological polar surface area (TPSA) is 41.6 Å². The molecule has 5 heteroatoms. The summed E-state index contributed by atoms with van der Waals surface area (Å²) in [4.78, 5) is 14.2. The molecule has 0 bridgehead atoms. The molecule has 1 heterocycles. The fourth-order valence-electron chi connectivity index (χ4n) is 2.51. The number of nitrogens with one attached hydrogen (secondary N) is 1. The molecule has 0 spiro atoms. The minimum absolute atomic E-state index is 0.0755. The monoisotopic (exact) mass is 340 g/mol. The fraction of sp³-hybridized carbons (Fsp3) is 0.533. The van der Waals surface area contributed by atoms with Gasteiger partial charge in [-0.3, -0.25) is 4.79 Å². The molecule has 1 N–H and O–H groups in total. The van der Waals surface area contributed by atoms with Crippen LogP contribution in [0.3, 0.4) is 0 Å². The number of nitrogens with zero attached hydrogens (tertiary/aromatic N) is 1. The number of amides is 1. The van der Waals surface area contributed by atoms with Crippen molar-refractivity contribution < 1.29 is 9.53 Å². The number of ether oxygens (including phenoxy) is 1. The highest BCUT2D eigenvalue weighted by atomic mass is 79.9. The van der Waals surface area contributed by atoms with Gasteiger partial charge in [-0.15, -0.1) is 0 Å². The van der Waals surface area contributed by atoms with E-state index >= 15 is 0 Å². The average molecular weight is 341 g/mol. The summed E-state index contributed by atoms with van der Waals surface area (Å²) in [7, 11) is 1.95. The van der Waals surface area contributed by atoms with E-state index in [-0.39, 0.29) is 5.91 Å². The van der Waals surface area contributed by atoms with Gasteiger partial charge in [0, 0.05) is 17.6 Å². The first kappa shape index (κ1) is 15.3. The Kier molecular flexibility index (Phi) is 5.43. The second-order valence-corrected chi connectivity index (χ2v) is 6.13. The SMILES string of the molecule is CNC[C@@H]1CCN(C(=O)[C@H](C)Oc2ccc(Br)cc2)C1. The number of likely N-dealkylation sites (tertiary alicyclic amines) is 1. The number of rotatable bonds is 5. The van der Waals surface area contributed by atoms with Crippen LogP contribution in [0, 0.1) is 5.92 Å². The van der Waals surface area contributed by atoms with Crippen molar-refractivity contribution >= 4 is 21.8 Å². The van der Waals surface area contributed by atoms with Gasteiger partial charge in [0.1, 0.15) is 5.75 Å². The zero-order valence-electron chi connectivity index (χ0n) is 11.9. The fourth-order valence-corrected chi connectivity index (χ4v) is 2.78. The zero-order valence-corrected chi connectivity index (χ0v) is 13.5. The molecule has 0 saturated carbocycles. The van der Waals surface area contributed by atoms with E-state index in [0.29, 0.717) is 5.92 Å². The normalized spacial score (nSPS) is 19.9. The van der Waals surface area contributed by atoms with Crippen LogP contribution < -0.4 is 10.1 Å². The lowest BCUT2D eigenvalue weighted by Gasteiger charge is -2.22. The highest BCUT2D eigenvalue weighted by molar-refractivity contribution is 9.10. The Morgan fingerprint density at radius 3 is 2.85 bits per heavy atom. The van der Waals surface area contributed by atoms with Crippen LogP contribution in [0.4, 0.5) is 0 Å². The Balaban J connectivity index is 1.87. The van der Waals surface area contributed by atoms with Crippen LogP contribution in [0.2, 0.25) is 0 Å². The maximum atomic E-state index is 12.3. The Morgan fingerprint density at radius 2 is 2.20 bits per heavy atom. The summed E-state index contributed by atoms with van der Waals surface area (Å²) >= 11 is 3.38. The molecule has 110 valence electrons. The van der Waals surface area contributed by atoms with Crippen molar-refractivity contribution in [2.24, 2.45) is 5.92 Å². The molecular formula is C15H21BrN2O2. The third-order valence-electron chi connectivity index (χ3n) is 3.56. The second kappa shape index (κ2) is 7.09. The van der Waals surface area contributed by atoms with E-state index < -0.39 is 6.10 Å². The van der Waals surface area contributed by atoms with Gasteiger partial charge in [0.05, 0.1) is 0 Å². The molecule has 1 aliphatic rings. The van der Waals surface area contributed by atoms with Gasteiger partial charge in [0.15, 0.2) is 6.10 Å². The number of benzene rings is 1. The summed E-state index contributed by atoms with van der Waals surface area (Å²) in [5.74, 6) is 1.36. The summed E-state index contributed by atoms with van der Waals surface area (Å²) in [5, 5.41) is 3.17. The van der Waals surface area contributed by atoms with Crippen LogP contribution in [0.1, 0.15) is 13.3 Å². The number of hydrogen-bond acceptors (Lipinski definition) is 3. The predicted octanol–water partition coefficient (Wildman–Crippen LogP) is 2.28. The molecule has 20 heavy (non-hydrogen) atoms. The third-order valence-corrected chi connectivity index (χ3v) is 4.09. The van der Waals surface area contributed by atoms with E-state index in [1.54, 1.807) is 0 Å². The molecule has 2 atom stereocenters. The van der Waals surface area contributed by atoms with Crippen molar-refractivity contribution in [1.29, 1.82) is 0 Å². The first-order valence-electron chi connectivity index (χ1n) is 6.95. The molecule has 0 aromatic heterocycles. The molecule has 4 nitrogen and oxygen atoms in total.